The topological polar surface area (TPSA) is 169 Å². The quantitative estimate of drug-likeness (QED) is 0.206. The molecule has 0 aliphatic heterocycles. The van der Waals surface area contributed by atoms with E-state index in [1.54, 1.807) is 0 Å². The molecule has 0 aromatic heterocycles. The number of hydrogen-bond donors (Lipinski definition) is 1. The molecule has 0 aliphatic carbocycles. The molecule has 0 unspecified atom stereocenters. The second-order valence-corrected chi connectivity index (χ2v) is 7.05. The zero-order valence-electron chi connectivity index (χ0n) is 16.4. The summed E-state index contributed by atoms with van der Waals surface area (Å²) in [5.74, 6) is 0. The Kier molecular flexibility index (Phi) is 8.99. The van der Waals surface area contributed by atoms with Gasteiger partial charge in [0.1, 0.15) is 10.6 Å². The Labute approximate surface area is 194 Å². The average molecular weight is 446 g/mol. The smallest absolute Gasteiger partial charge is 0.372 e. The molecule has 0 saturated heterocycles. The van der Waals surface area contributed by atoms with Gasteiger partial charge in [0.15, 0.2) is 0 Å². The van der Waals surface area contributed by atoms with Crippen LogP contribution in [-0.4, -0.2) is 35.9 Å². The summed E-state index contributed by atoms with van der Waals surface area (Å²) in [4.78, 5) is 21.8. The van der Waals surface area contributed by atoms with Crippen LogP contribution in [0.1, 0.15) is 13.8 Å². The third kappa shape index (κ3) is 5.79. The van der Waals surface area contributed by atoms with E-state index in [0.29, 0.717) is 18.8 Å². The summed E-state index contributed by atoms with van der Waals surface area (Å²) in [5, 5.41) is 29.5. The van der Waals surface area contributed by atoms with Crippen LogP contribution in [0.5, 0.6) is 0 Å². The van der Waals surface area contributed by atoms with E-state index >= 15 is 0 Å². The van der Waals surface area contributed by atoms with Crippen LogP contribution in [0.2, 0.25) is 0 Å². The molecule has 0 spiro atoms. The Morgan fingerprint density at radius 2 is 1.53 bits per heavy atom. The van der Waals surface area contributed by atoms with Crippen molar-refractivity contribution < 1.29 is 52.4 Å². The summed E-state index contributed by atoms with van der Waals surface area (Å²) in [6.45, 7) is 4.87. The number of hydrogen-bond acceptors (Lipinski definition) is 9. The molecule has 1 N–H and O–H groups in total. The first-order valence-electron chi connectivity index (χ1n) is 8.30. The van der Waals surface area contributed by atoms with Gasteiger partial charge in [-0.15, -0.1) is 10.2 Å². The largest absolute Gasteiger partial charge is 1.00 e. The summed E-state index contributed by atoms with van der Waals surface area (Å²) in [6.07, 6.45) is 0. The molecule has 12 nitrogen and oxygen atoms in total. The average Bonchev–Trinajstić information content (AvgIpc) is 2.66. The molecule has 0 atom stereocenters. The SMILES string of the molecule is CCN(CC)c1ccc(N=Nc2c([N+](=O)[O-])cccc2[N+](=O)[O-])c(S(=O)(=O)O)c1.[Na+]. The molecule has 14 heteroatoms. The predicted molar refractivity (Wildman–Crippen MR) is 104 cm³/mol. The third-order valence-corrected chi connectivity index (χ3v) is 4.88. The Balaban J connectivity index is 0.00000450. The van der Waals surface area contributed by atoms with Crippen molar-refractivity contribution in [3.8, 4) is 0 Å². The van der Waals surface area contributed by atoms with E-state index in [1.807, 2.05) is 18.7 Å². The van der Waals surface area contributed by atoms with Gasteiger partial charge in [0, 0.05) is 30.9 Å². The molecule has 2 aromatic rings. The standard InChI is InChI=1S/C16H17N5O7S.Na/c1-3-19(4-2)11-8-9-12(15(10-11)29(26,27)28)17-18-16-13(20(22)23)6-5-7-14(16)21(24)25;/h5-10H,3-4H2,1-2H3,(H,26,27,28);/q;+1. The second-order valence-electron chi connectivity index (χ2n) is 5.66. The predicted octanol–water partition coefficient (Wildman–Crippen LogP) is 1.02. The van der Waals surface area contributed by atoms with E-state index in [0.717, 1.165) is 18.2 Å². The first kappa shape index (κ1) is 25.6. The number of rotatable bonds is 8. The molecule has 2 rings (SSSR count). The van der Waals surface area contributed by atoms with Crippen molar-refractivity contribution in [3.05, 3.63) is 56.6 Å². The van der Waals surface area contributed by atoms with Gasteiger partial charge >= 0.3 is 40.9 Å². The van der Waals surface area contributed by atoms with Crippen molar-refractivity contribution in [1.82, 2.24) is 0 Å². The number of nitrogens with zero attached hydrogens (tertiary/aromatic N) is 5. The zero-order valence-corrected chi connectivity index (χ0v) is 19.2. The van der Waals surface area contributed by atoms with Crippen molar-refractivity contribution in [2.75, 3.05) is 18.0 Å². The number of azo groups is 1. The molecular weight excluding hydrogens is 429 g/mol. The van der Waals surface area contributed by atoms with Gasteiger partial charge in [0.25, 0.3) is 10.1 Å². The van der Waals surface area contributed by atoms with Crippen LogP contribution >= 0.6 is 0 Å². The Hall–Kier alpha value is -2.45. The van der Waals surface area contributed by atoms with Gasteiger partial charge in [-0.3, -0.25) is 24.8 Å². The molecule has 154 valence electrons. The van der Waals surface area contributed by atoms with Crippen molar-refractivity contribution in [2.24, 2.45) is 10.2 Å². The first-order valence-corrected chi connectivity index (χ1v) is 9.74. The summed E-state index contributed by atoms with van der Waals surface area (Å²) in [7, 11) is -4.71. The molecule has 2 aromatic carbocycles. The Morgan fingerprint density at radius 1 is 1.00 bits per heavy atom. The van der Waals surface area contributed by atoms with Gasteiger partial charge in [-0.05, 0) is 38.1 Å². The molecule has 0 bridgehead atoms. The molecule has 0 saturated carbocycles. The normalized spacial score (nSPS) is 11.2. The first-order chi connectivity index (χ1) is 13.6. The fourth-order valence-corrected chi connectivity index (χ4v) is 3.24. The number of nitro groups is 2. The van der Waals surface area contributed by atoms with Crippen LogP contribution in [0, 0.1) is 20.2 Å². The van der Waals surface area contributed by atoms with Crippen LogP contribution in [0.3, 0.4) is 0 Å². The monoisotopic (exact) mass is 446 g/mol. The van der Waals surface area contributed by atoms with Gasteiger partial charge in [0.05, 0.1) is 9.85 Å². The maximum Gasteiger partial charge on any atom is 1.00 e. The van der Waals surface area contributed by atoms with Crippen LogP contribution in [0.4, 0.5) is 28.4 Å². The number of anilines is 1. The van der Waals surface area contributed by atoms with Crippen molar-refractivity contribution in [3.63, 3.8) is 0 Å². The summed E-state index contributed by atoms with van der Waals surface area (Å²) >= 11 is 0. The molecule has 0 heterocycles. The van der Waals surface area contributed by atoms with Gasteiger partial charge < -0.3 is 4.90 Å². The van der Waals surface area contributed by atoms with Gasteiger partial charge in [0.2, 0.25) is 5.69 Å². The van der Waals surface area contributed by atoms with Crippen LogP contribution in [0.15, 0.2) is 51.5 Å². The van der Waals surface area contributed by atoms with E-state index in [1.165, 1.54) is 18.2 Å². The molecular formula is C16H17N5NaO7S+. The van der Waals surface area contributed by atoms with E-state index < -0.39 is 41.9 Å². The van der Waals surface area contributed by atoms with Gasteiger partial charge in [-0.1, -0.05) is 0 Å². The Morgan fingerprint density at radius 3 is 1.97 bits per heavy atom. The van der Waals surface area contributed by atoms with E-state index in [2.05, 4.69) is 10.2 Å². The molecule has 0 fully saturated rings. The minimum Gasteiger partial charge on any atom is -0.372 e. The van der Waals surface area contributed by atoms with Crippen LogP contribution in [0.25, 0.3) is 0 Å². The van der Waals surface area contributed by atoms with Crippen molar-refractivity contribution in [2.45, 2.75) is 18.7 Å². The van der Waals surface area contributed by atoms with Crippen molar-refractivity contribution in [1.29, 1.82) is 0 Å². The molecule has 0 amide bonds. The van der Waals surface area contributed by atoms with Crippen molar-refractivity contribution >= 4 is 38.6 Å². The fourth-order valence-electron chi connectivity index (χ4n) is 2.60. The van der Waals surface area contributed by atoms with E-state index in [-0.39, 0.29) is 35.2 Å². The summed E-state index contributed by atoms with van der Waals surface area (Å²) in [6, 6.07) is 7.11. The maximum atomic E-state index is 11.8. The maximum absolute atomic E-state index is 11.8. The number of nitro benzene ring substituents is 2. The Bertz CT molecular complexity index is 1060. The third-order valence-electron chi connectivity index (χ3n) is 3.99. The number of benzene rings is 2. The molecule has 0 radical (unpaired) electrons. The fraction of sp³-hybridized carbons (Fsp3) is 0.250. The van der Waals surface area contributed by atoms with Crippen LogP contribution in [-0.2, 0) is 10.1 Å². The van der Waals surface area contributed by atoms with E-state index in [4.69, 9.17) is 0 Å². The molecule has 0 aliphatic rings. The minimum absolute atomic E-state index is 0. The van der Waals surface area contributed by atoms with Gasteiger partial charge in [-0.2, -0.15) is 8.42 Å². The molecule has 30 heavy (non-hydrogen) atoms. The second kappa shape index (κ2) is 10.5. The summed E-state index contributed by atoms with van der Waals surface area (Å²) in [5.41, 5.74) is -1.81. The van der Waals surface area contributed by atoms with Crippen LogP contribution < -0.4 is 34.5 Å². The summed E-state index contributed by atoms with van der Waals surface area (Å²) < 4.78 is 33.1. The minimum atomic E-state index is -4.71. The van der Waals surface area contributed by atoms with E-state index in [9.17, 15) is 33.2 Å². The zero-order chi connectivity index (χ0) is 21.8. The van der Waals surface area contributed by atoms with Gasteiger partial charge in [-0.25, -0.2) is 0 Å².